The number of aromatic nitrogens is 1. The number of halogens is 6. The minimum absolute atomic E-state index is 0.0624. The molecule has 38 heavy (non-hydrogen) atoms. The molecule has 0 radical (unpaired) electrons. The zero-order valence-electron chi connectivity index (χ0n) is 19.4. The average molecular weight is 667 g/mol. The predicted molar refractivity (Wildman–Crippen MR) is 140 cm³/mol. The van der Waals surface area contributed by atoms with Crippen molar-refractivity contribution >= 4 is 55.9 Å². The lowest BCUT2D eigenvalue weighted by atomic mass is 9.99. The van der Waals surface area contributed by atoms with Crippen LogP contribution in [-0.2, 0) is 16.6 Å². The molecule has 4 N–H and O–H groups in total. The van der Waals surface area contributed by atoms with Gasteiger partial charge < -0.3 is 10.6 Å². The number of amides is 1. The van der Waals surface area contributed by atoms with E-state index in [1.165, 1.54) is 6.08 Å². The molecule has 202 valence electrons. The van der Waals surface area contributed by atoms with Crippen molar-refractivity contribution in [2.24, 2.45) is 0 Å². The molecule has 3 aromatic rings. The Kier molecular flexibility index (Phi) is 9.26. The molecule has 0 fully saturated rings. The number of nitrogens with one attached hydrogen (secondary N) is 4. The lowest BCUT2D eigenvalue weighted by molar-refractivity contribution is 0.0958. The highest BCUT2D eigenvalue weighted by atomic mass is 127. The molecule has 0 unspecified atom stereocenters. The number of hydrogen-bond acceptors (Lipinski definition) is 5. The first-order chi connectivity index (χ1) is 17.9. The molecule has 1 amide bonds. The summed E-state index contributed by atoms with van der Waals surface area (Å²) in [7, 11) is -3.06. The molecule has 1 heterocycles. The number of pyridine rings is 1. The number of benzene rings is 2. The van der Waals surface area contributed by atoms with Crippen LogP contribution in [0.4, 0.5) is 39.1 Å². The lowest BCUT2D eigenvalue weighted by Crippen LogP contribution is -2.27. The van der Waals surface area contributed by atoms with Gasteiger partial charge >= 0.3 is 0 Å². The topological polar surface area (TPSA) is 112 Å². The summed E-state index contributed by atoms with van der Waals surface area (Å²) in [5.74, 6) is -7.74. The lowest BCUT2D eigenvalue weighted by Gasteiger charge is -2.17. The first-order valence-corrected chi connectivity index (χ1v) is 13.1. The van der Waals surface area contributed by atoms with Crippen molar-refractivity contribution in [3.8, 4) is 0 Å². The van der Waals surface area contributed by atoms with Gasteiger partial charge in [0.2, 0.25) is 0 Å². The standard InChI is InChI=1S/C23H19F5IN5O3S/c1-3-5-32-23(35)13-8-12(7-11-4-6-31-22(19(11)27)34-38(36,37)30-2)18(26)20(28)21(13)33-17-10-14(24)16(29)9-15(17)25/h3-4,6,8-10,30,33H,1,5,7H2,2H3,(H,31,34)(H,32,35). The summed E-state index contributed by atoms with van der Waals surface area (Å²) in [4.78, 5) is 16.4. The van der Waals surface area contributed by atoms with Gasteiger partial charge in [-0.1, -0.05) is 6.08 Å². The van der Waals surface area contributed by atoms with Gasteiger partial charge in [0.05, 0.1) is 20.5 Å². The summed E-state index contributed by atoms with van der Waals surface area (Å²) in [5, 5.41) is 4.61. The molecule has 0 spiro atoms. The van der Waals surface area contributed by atoms with Gasteiger partial charge in [0.15, 0.2) is 23.3 Å². The van der Waals surface area contributed by atoms with Crippen LogP contribution >= 0.6 is 22.6 Å². The molecule has 15 heteroatoms. The molecule has 3 rings (SSSR count). The van der Waals surface area contributed by atoms with Crippen LogP contribution < -0.4 is 20.1 Å². The van der Waals surface area contributed by atoms with Gasteiger partial charge in [-0.05, 0) is 51.9 Å². The van der Waals surface area contributed by atoms with Gasteiger partial charge in [0.1, 0.15) is 11.6 Å². The van der Waals surface area contributed by atoms with E-state index in [4.69, 9.17) is 0 Å². The zero-order chi connectivity index (χ0) is 28.2. The molecule has 0 aliphatic rings. The minimum Gasteiger partial charge on any atom is -0.350 e. The first-order valence-electron chi connectivity index (χ1n) is 10.5. The Bertz CT molecular complexity index is 1520. The van der Waals surface area contributed by atoms with E-state index in [1.807, 2.05) is 9.44 Å². The minimum atomic E-state index is -4.13. The number of nitrogens with zero attached hydrogens (tertiary/aromatic N) is 1. The second-order valence-corrected chi connectivity index (χ2v) is 10.4. The van der Waals surface area contributed by atoms with E-state index < -0.39 is 79.9 Å². The maximum Gasteiger partial charge on any atom is 0.300 e. The Balaban J connectivity index is 2.11. The maximum absolute atomic E-state index is 15.3. The quantitative estimate of drug-likeness (QED) is 0.110. The number of anilines is 3. The third kappa shape index (κ3) is 6.57. The Labute approximate surface area is 228 Å². The van der Waals surface area contributed by atoms with Crippen molar-refractivity contribution in [2.45, 2.75) is 6.42 Å². The van der Waals surface area contributed by atoms with Gasteiger partial charge in [0, 0.05) is 32.3 Å². The number of hydrogen-bond donors (Lipinski definition) is 4. The molecular formula is C23H19F5IN5O3S. The molecular weight excluding hydrogens is 648 g/mol. The summed E-state index contributed by atoms with van der Waals surface area (Å²) in [5.41, 5.74) is -2.61. The fourth-order valence-electron chi connectivity index (χ4n) is 3.20. The van der Waals surface area contributed by atoms with Crippen LogP contribution in [0.15, 0.2) is 43.1 Å². The molecule has 0 saturated carbocycles. The van der Waals surface area contributed by atoms with E-state index in [-0.39, 0.29) is 15.7 Å². The van der Waals surface area contributed by atoms with Gasteiger partial charge in [0.25, 0.3) is 16.1 Å². The van der Waals surface area contributed by atoms with E-state index >= 15 is 8.78 Å². The van der Waals surface area contributed by atoms with Gasteiger partial charge in [-0.25, -0.2) is 31.7 Å². The van der Waals surface area contributed by atoms with Crippen LogP contribution in [0.3, 0.4) is 0 Å². The fraction of sp³-hybridized carbons (Fsp3) is 0.130. The van der Waals surface area contributed by atoms with Crippen molar-refractivity contribution in [3.63, 3.8) is 0 Å². The molecule has 2 aromatic carbocycles. The predicted octanol–water partition coefficient (Wildman–Crippen LogP) is 4.51. The largest absolute Gasteiger partial charge is 0.350 e. The highest BCUT2D eigenvalue weighted by molar-refractivity contribution is 14.1. The molecule has 0 atom stereocenters. The summed E-state index contributed by atoms with van der Waals surface area (Å²) >= 11 is 1.54. The smallest absolute Gasteiger partial charge is 0.300 e. The second kappa shape index (κ2) is 12.0. The Morgan fingerprint density at radius 2 is 1.76 bits per heavy atom. The van der Waals surface area contributed by atoms with Crippen LogP contribution in [0, 0.1) is 32.7 Å². The number of rotatable bonds is 10. The third-order valence-corrected chi connectivity index (χ3v) is 6.88. The fourth-order valence-corrected chi connectivity index (χ4v) is 4.12. The highest BCUT2D eigenvalue weighted by Gasteiger charge is 2.25. The Hall–Kier alpha value is -3.31. The molecule has 0 bridgehead atoms. The van der Waals surface area contributed by atoms with Crippen LogP contribution in [0.1, 0.15) is 21.5 Å². The van der Waals surface area contributed by atoms with E-state index in [1.54, 1.807) is 22.6 Å². The van der Waals surface area contributed by atoms with Crippen molar-refractivity contribution in [1.82, 2.24) is 15.0 Å². The van der Waals surface area contributed by atoms with E-state index in [0.29, 0.717) is 6.07 Å². The maximum atomic E-state index is 15.3. The normalized spacial score (nSPS) is 11.2. The SMILES string of the molecule is C=CCNC(=O)c1cc(Cc2ccnc(NS(=O)(=O)NC)c2F)c(F)c(F)c1Nc1cc(F)c(I)cc1F. The molecule has 8 nitrogen and oxygen atoms in total. The van der Waals surface area contributed by atoms with Crippen LogP contribution in [0.5, 0.6) is 0 Å². The first kappa shape index (κ1) is 29.2. The molecule has 0 aliphatic carbocycles. The third-order valence-electron chi connectivity index (χ3n) is 5.05. The average Bonchev–Trinajstić information content (AvgIpc) is 2.87. The van der Waals surface area contributed by atoms with Crippen LogP contribution in [-0.4, -0.2) is 32.9 Å². The summed E-state index contributed by atoms with van der Waals surface area (Å²) in [6, 6.07) is 3.56. The van der Waals surface area contributed by atoms with E-state index in [0.717, 1.165) is 31.4 Å². The molecule has 0 aliphatic heterocycles. The van der Waals surface area contributed by atoms with Crippen molar-refractivity contribution in [3.05, 3.63) is 92.5 Å². The van der Waals surface area contributed by atoms with E-state index in [2.05, 4.69) is 22.2 Å². The monoisotopic (exact) mass is 667 g/mol. The Morgan fingerprint density at radius 3 is 2.42 bits per heavy atom. The van der Waals surface area contributed by atoms with Gasteiger partial charge in [-0.3, -0.25) is 9.52 Å². The summed E-state index contributed by atoms with van der Waals surface area (Å²) < 4.78 is 101. The summed E-state index contributed by atoms with van der Waals surface area (Å²) in [6.45, 7) is 3.38. The molecule has 0 saturated heterocycles. The second-order valence-electron chi connectivity index (χ2n) is 7.58. The van der Waals surface area contributed by atoms with E-state index in [9.17, 15) is 26.4 Å². The molecule has 1 aromatic heterocycles. The highest BCUT2D eigenvalue weighted by Crippen LogP contribution is 2.32. The van der Waals surface area contributed by atoms with Crippen molar-refractivity contribution in [2.75, 3.05) is 23.6 Å². The van der Waals surface area contributed by atoms with Gasteiger partial charge in [-0.15, -0.1) is 6.58 Å². The summed E-state index contributed by atoms with van der Waals surface area (Å²) in [6.07, 6.45) is 1.74. The van der Waals surface area contributed by atoms with Crippen LogP contribution in [0.25, 0.3) is 0 Å². The van der Waals surface area contributed by atoms with Crippen molar-refractivity contribution in [1.29, 1.82) is 0 Å². The zero-order valence-corrected chi connectivity index (χ0v) is 22.4. The Morgan fingerprint density at radius 1 is 1.05 bits per heavy atom. The number of carbonyl (C=O) groups excluding carboxylic acids is 1. The van der Waals surface area contributed by atoms with Gasteiger partial charge in [-0.2, -0.15) is 8.42 Å². The number of carbonyl (C=O) groups is 1. The van der Waals surface area contributed by atoms with Crippen LogP contribution in [0.2, 0.25) is 0 Å². The van der Waals surface area contributed by atoms with Crippen molar-refractivity contribution < 1.29 is 35.2 Å².